The highest BCUT2D eigenvalue weighted by Gasteiger charge is 2.24. The molecular weight excluding hydrogens is 500 g/mol. The number of amides is 1. The summed E-state index contributed by atoms with van der Waals surface area (Å²) >= 11 is 11.3. The van der Waals surface area contributed by atoms with Crippen LogP contribution in [0.5, 0.6) is 5.75 Å². The maximum atomic E-state index is 13.5. The molecule has 9 heteroatoms. The van der Waals surface area contributed by atoms with Crippen molar-refractivity contribution in [3.63, 3.8) is 0 Å². The average molecular weight is 520 g/mol. The first-order valence-corrected chi connectivity index (χ1v) is 11.8. The summed E-state index contributed by atoms with van der Waals surface area (Å²) < 4.78 is 9.47. The first-order valence-electron chi connectivity index (χ1n) is 9.82. The van der Waals surface area contributed by atoms with Gasteiger partial charge in [0.2, 0.25) is 0 Å². The topological polar surface area (TPSA) is 60.2 Å². The fourth-order valence-electron chi connectivity index (χ4n) is 3.22. The minimum atomic E-state index is -0.186. The largest absolute Gasteiger partial charge is 0.492 e. The molecule has 0 aliphatic rings. The predicted molar refractivity (Wildman–Crippen MR) is 128 cm³/mol. The van der Waals surface area contributed by atoms with E-state index in [9.17, 15) is 4.79 Å². The van der Waals surface area contributed by atoms with Crippen LogP contribution in [-0.4, -0.2) is 33.6 Å². The number of fused-ring (bicyclic) bond motifs is 1. The zero-order chi connectivity index (χ0) is 21.8. The first-order chi connectivity index (χ1) is 15.1. The van der Waals surface area contributed by atoms with Gasteiger partial charge < -0.3 is 9.30 Å². The molecule has 0 unspecified atom stereocenters. The average Bonchev–Trinajstić information content (AvgIpc) is 3.43. The van der Waals surface area contributed by atoms with Gasteiger partial charge in [0.05, 0.1) is 28.2 Å². The van der Waals surface area contributed by atoms with Crippen LogP contribution in [0.3, 0.4) is 0 Å². The van der Waals surface area contributed by atoms with Crippen molar-refractivity contribution < 1.29 is 9.53 Å². The summed E-state index contributed by atoms with van der Waals surface area (Å²) in [4.78, 5) is 24.1. The van der Waals surface area contributed by atoms with Gasteiger partial charge in [-0.15, -0.1) is 0 Å². The van der Waals surface area contributed by atoms with Gasteiger partial charge in [0.1, 0.15) is 11.3 Å². The molecule has 0 bridgehead atoms. The molecule has 2 heterocycles. The molecule has 4 rings (SSSR count). The van der Waals surface area contributed by atoms with Crippen molar-refractivity contribution >= 4 is 60.1 Å². The molecule has 0 fully saturated rings. The van der Waals surface area contributed by atoms with E-state index in [1.807, 2.05) is 42.0 Å². The number of halogens is 2. The smallest absolute Gasteiger partial charge is 0.261 e. The minimum Gasteiger partial charge on any atom is -0.492 e. The lowest BCUT2D eigenvalue weighted by Crippen LogP contribution is -2.32. The van der Waals surface area contributed by atoms with Crippen molar-refractivity contribution in [3.8, 4) is 5.75 Å². The van der Waals surface area contributed by atoms with Crippen LogP contribution in [0.4, 0.5) is 5.13 Å². The zero-order valence-corrected chi connectivity index (χ0v) is 20.0. The van der Waals surface area contributed by atoms with E-state index in [0.717, 1.165) is 27.7 Å². The van der Waals surface area contributed by atoms with E-state index in [-0.39, 0.29) is 5.91 Å². The number of anilines is 1. The SMILES string of the molecule is CCOc1cccc2sc(N(CCCn3ccnc3)C(=O)c3cc(Br)ccc3Cl)nc12. The Morgan fingerprint density at radius 3 is 2.97 bits per heavy atom. The third-order valence-corrected chi connectivity index (χ3v) is 6.53. The standard InChI is InChI=1S/C22H20BrClN4O2S/c1-2-30-18-5-3-6-19-20(18)26-22(31-19)28(11-4-10-27-12-9-25-14-27)21(29)16-13-15(23)7-8-17(16)24/h3,5-9,12-14H,2,4,10-11H2,1H3. The molecule has 0 aliphatic carbocycles. The second kappa shape index (κ2) is 9.80. The summed E-state index contributed by atoms with van der Waals surface area (Å²) in [5, 5.41) is 1.03. The number of nitrogens with zero attached hydrogens (tertiary/aromatic N) is 4. The molecule has 6 nitrogen and oxygen atoms in total. The molecule has 0 saturated carbocycles. The molecule has 160 valence electrons. The number of aryl methyl sites for hydroxylation is 1. The van der Waals surface area contributed by atoms with Crippen LogP contribution in [-0.2, 0) is 6.54 Å². The number of benzene rings is 2. The number of rotatable bonds is 8. The number of hydrogen-bond acceptors (Lipinski definition) is 5. The Bertz CT molecular complexity index is 1200. The van der Waals surface area contributed by atoms with E-state index < -0.39 is 0 Å². The number of carbonyl (C=O) groups excluding carboxylic acids is 1. The van der Waals surface area contributed by atoms with Gasteiger partial charge in [0, 0.05) is 30.0 Å². The lowest BCUT2D eigenvalue weighted by atomic mass is 10.2. The molecular formula is C22H20BrClN4O2S. The van der Waals surface area contributed by atoms with Crippen molar-refractivity contribution in [1.29, 1.82) is 0 Å². The molecule has 0 aliphatic heterocycles. The van der Waals surface area contributed by atoms with Crippen LogP contribution in [0.25, 0.3) is 10.2 Å². The van der Waals surface area contributed by atoms with Gasteiger partial charge in [-0.1, -0.05) is 44.9 Å². The first kappa shape index (κ1) is 21.8. The van der Waals surface area contributed by atoms with Crippen molar-refractivity contribution in [1.82, 2.24) is 14.5 Å². The Labute approximate surface area is 197 Å². The van der Waals surface area contributed by atoms with E-state index >= 15 is 0 Å². The number of ether oxygens (including phenoxy) is 1. The summed E-state index contributed by atoms with van der Waals surface area (Å²) in [5.74, 6) is 0.530. The molecule has 31 heavy (non-hydrogen) atoms. The number of aromatic nitrogens is 3. The van der Waals surface area contributed by atoms with Crippen molar-refractivity contribution in [2.75, 3.05) is 18.1 Å². The summed E-state index contributed by atoms with van der Waals surface area (Å²) in [6.07, 6.45) is 6.15. The van der Waals surface area contributed by atoms with Crippen LogP contribution in [0, 0.1) is 0 Å². The molecule has 0 radical (unpaired) electrons. The monoisotopic (exact) mass is 518 g/mol. The lowest BCUT2D eigenvalue weighted by Gasteiger charge is -2.21. The summed E-state index contributed by atoms with van der Waals surface area (Å²) in [6.45, 7) is 3.72. The van der Waals surface area contributed by atoms with Gasteiger partial charge in [0.25, 0.3) is 5.91 Å². The number of thiazole rings is 1. The summed E-state index contributed by atoms with van der Waals surface area (Å²) in [7, 11) is 0. The summed E-state index contributed by atoms with van der Waals surface area (Å²) in [6, 6.07) is 11.1. The molecule has 4 aromatic rings. The van der Waals surface area contributed by atoms with Crippen molar-refractivity contribution in [2.24, 2.45) is 0 Å². The van der Waals surface area contributed by atoms with E-state index in [4.69, 9.17) is 21.3 Å². The van der Waals surface area contributed by atoms with Gasteiger partial charge in [0.15, 0.2) is 5.13 Å². The molecule has 0 saturated heterocycles. The molecule has 0 atom stereocenters. The highest BCUT2D eigenvalue weighted by Crippen LogP contribution is 2.35. The second-order valence-electron chi connectivity index (χ2n) is 6.77. The maximum absolute atomic E-state index is 13.5. The number of hydrogen-bond donors (Lipinski definition) is 0. The normalized spacial score (nSPS) is 11.1. The minimum absolute atomic E-state index is 0.186. The molecule has 0 spiro atoms. The van der Waals surface area contributed by atoms with E-state index in [1.165, 1.54) is 11.3 Å². The van der Waals surface area contributed by atoms with Gasteiger partial charge in [-0.25, -0.2) is 9.97 Å². The molecule has 2 aromatic carbocycles. The van der Waals surface area contributed by atoms with Crippen LogP contribution in [0.2, 0.25) is 5.02 Å². The van der Waals surface area contributed by atoms with Gasteiger partial charge >= 0.3 is 0 Å². The van der Waals surface area contributed by atoms with E-state index in [1.54, 1.807) is 29.6 Å². The Morgan fingerprint density at radius 2 is 2.19 bits per heavy atom. The highest BCUT2D eigenvalue weighted by atomic mass is 79.9. The van der Waals surface area contributed by atoms with Crippen molar-refractivity contribution in [2.45, 2.75) is 19.9 Å². The van der Waals surface area contributed by atoms with Gasteiger partial charge in [-0.05, 0) is 43.7 Å². The number of imidazole rings is 1. The van der Waals surface area contributed by atoms with Crippen LogP contribution >= 0.6 is 38.9 Å². The van der Waals surface area contributed by atoms with E-state index in [2.05, 4.69) is 20.9 Å². The fraction of sp³-hybridized carbons (Fsp3) is 0.227. The molecule has 0 N–H and O–H groups in total. The quantitative estimate of drug-likeness (QED) is 0.284. The van der Waals surface area contributed by atoms with Crippen molar-refractivity contribution in [3.05, 3.63) is 70.2 Å². The Kier molecular flexibility index (Phi) is 6.89. The molecule has 2 aromatic heterocycles. The number of carbonyl (C=O) groups is 1. The van der Waals surface area contributed by atoms with Crippen LogP contribution < -0.4 is 9.64 Å². The lowest BCUT2D eigenvalue weighted by molar-refractivity contribution is 0.0986. The maximum Gasteiger partial charge on any atom is 0.261 e. The predicted octanol–water partition coefficient (Wildman–Crippen LogP) is 6.04. The fourth-order valence-corrected chi connectivity index (χ4v) is 4.79. The zero-order valence-electron chi connectivity index (χ0n) is 16.8. The van der Waals surface area contributed by atoms with Gasteiger partial charge in [-0.3, -0.25) is 9.69 Å². The van der Waals surface area contributed by atoms with Crippen LogP contribution in [0.1, 0.15) is 23.7 Å². The highest BCUT2D eigenvalue weighted by molar-refractivity contribution is 9.10. The third kappa shape index (κ3) is 4.92. The Morgan fingerprint density at radius 1 is 1.32 bits per heavy atom. The van der Waals surface area contributed by atoms with Gasteiger partial charge in [-0.2, -0.15) is 0 Å². The number of para-hydroxylation sites is 1. The van der Waals surface area contributed by atoms with E-state index in [0.29, 0.717) is 34.6 Å². The second-order valence-corrected chi connectivity index (χ2v) is 9.10. The Hall–Kier alpha value is -2.42. The Balaban J connectivity index is 1.69. The third-order valence-electron chi connectivity index (χ3n) is 4.66. The summed E-state index contributed by atoms with van der Waals surface area (Å²) in [5.41, 5.74) is 1.19. The van der Waals surface area contributed by atoms with Crippen LogP contribution in [0.15, 0.2) is 59.6 Å². The molecule has 1 amide bonds.